The number of pyridine rings is 1. The van der Waals surface area contributed by atoms with Crippen molar-refractivity contribution in [2.24, 2.45) is 0 Å². The third kappa shape index (κ3) is 1.24. The molecule has 2 aromatic heterocycles. The summed E-state index contributed by atoms with van der Waals surface area (Å²) in [5, 5.41) is 9.31. The molecule has 3 N–H and O–H groups in total. The van der Waals surface area contributed by atoms with Crippen LogP contribution < -0.4 is 5.73 Å². The molecule has 72 valence electrons. The quantitative estimate of drug-likeness (QED) is 0.813. The van der Waals surface area contributed by atoms with Crippen LogP contribution in [-0.2, 0) is 0 Å². The standard InChI is InChI=1S/C8H5BrN2O3/c9-5-4-1-3(10)2-11-7(4)14-6(5)8(12)13/h1-2H,10H2,(H,12,13). The number of hydrogen-bond donors (Lipinski definition) is 2. The smallest absolute Gasteiger partial charge is 0.373 e. The van der Waals surface area contributed by atoms with Crippen molar-refractivity contribution in [3.63, 3.8) is 0 Å². The van der Waals surface area contributed by atoms with Gasteiger partial charge in [0.05, 0.1) is 21.7 Å². The molecule has 0 atom stereocenters. The van der Waals surface area contributed by atoms with E-state index in [-0.39, 0.29) is 11.5 Å². The summed E-state index contributed by atoms with van der Waals surface area (Å²) in [6, 6.07) is 1.60. The Labute approximate surface area is 86.7 Å². The molecule has 0 aliphatic heterocycles. The van der Waals surface area contributed by atoms with E-state index < -0.39 is 5.97 Å². The topological polar surface area (TPSA) is 89.4 Å². The molecule has 0 amide bonds. The number of carbonyl (C=O) groups is 1. The first-order valence-electron chi connectivity index (χ1n) is 3.66. The van der Waals surface area contributed by atoms with Crippen LogP contribution in [0.4, 0.5) is 5.69 Å². The highest BCUT2D eigenvalue weighted by Gasteiger charge is 2.18. The monoisotopic (exact) mass is 256 g/mol. The van der Waals surface area contributed by atoms with Gasteiger partial charge in [-0.2, -0.15) is 0 Å². The van der Waals surface area contributed by atoms with Crippen LogP contribution in [0, 0.1) is 0 Å². The molecular formula is C8H5BrN2O3. The first kappa shape index (κ1) is 9.01. The van der Waals surface area contributed by atoms with Crippen LogP contribution in [0.15, 0.2) is 21.2 Å². The molecule has 0 saturated heterocycles. The highest BCUT2D eigenvalue weighted by Crippen LogP contribution is 2.30. The van der Waals surface area contributed by atoms with Gasteiger partial charge in [0.15, 0.2) is 0 Å². The molecule has 0 aliphatic rings. The second kappa shape index (κ2) is 2.98. The van der Waals surface area contributed by atoms with Crippen LogP contribution in [-0.4, -0.2) is 16.1 Å². The summed E-state index contributed by atoms with van der Waals surface area (Å²) in [5.74, 6) is -1.31. The van der Waals surface area contributed by atoms with E-state index in [4.69, 9.17) is 15.3 Å². The number of halogens is 1. The fourth-order valence-corrected chi connectivity index (χ4v) is 1.64. The van der Waals surface area contributed by atoms with E-state index in [0.717, 1.165) is 0 Å². The van der Waals surface area contributed by atoms with E-state index in [1.165, 1.54) is 6.20 Å². The van der Waals surface area contributed by atoms with Crippen LogP contribution in [0.25, 0.3) is 11.1 Å². The number of aromatic carboxylic acids is 1. The van der Waals surface area contributed by atoms with Crippen LogP contribution in [0.3, 0.4) is 0 Å². The van der Waals surface area contributed by atoms with Gasteiger partial charge >= 0.3 is 5.97 Å². The van der Waals surface area contributed by atoms with Gasteiger partial charge in [-0.15, -0.1) is 0 Å². The lowest BCUT2D eigenvalue weighted by atomic mass is 10.3. The summed E-state index contributed by atoms with van der Waals surface area (Å²) in [6.07, 6.45) is 1.41. The number of carboxylic acids is 1. The van der Waals surface area contributed by atoms with Crippen molar-refractivity contribution in [3.05, 3.63) is 22.5 Å². The lowest BCUT2D eigenvalue weighted by Gasteiger charge is -1.90. The molecule has 14 heavy (non-hydrogen) atoms. The van der Waals surface area contributed by atoms with Crippen molar-refractivity contribution < 1.29 is 14.3 Å². The maximum absolute atomic E-state index is 10.7. The van der Waals surface area contributed by atoms with Gasteiger partial charge in [0.1, 0.15) is 0 Å². The highest BCUT2D eigenvalue weighted by atomic mass is 79.9. The van der Waals surface area contributed by atoms with E-state index in [1.54, 1.807) is 6.07 Å². The Morgan fingerprint density at radius 1 is 1.64 bits per heavy atom. The van der Waals surface area contributed by atoms with Gasteiger partial charge in [-0.25, -0.2) is 9.78 Å². The van der Waals surface area contributed by atoms with Crippen molar-refractivity contribution in [1.82, 2.24) is 4.98 Å². The number of furan rings is 1. The predicted molar refractivity (Wildman–Crippen MR) is 53.1 cm³/mol. The Hall–Kier alpha value is -1.56. The summed E-state index contributed by atoms with van der Waals surface area (Å²) < 4.78 is 5.36. The predicted octanol–water partition coefficient (Wildman–Crippen LogP) is 1.87. The number of nitrogens with two attached hydrogens (primary N) is 1. The third-order valence-corrected chi connectivity index (χ3v) is 2.49. The van der Waals surface area contributed by atoms with Crippen molar-refractivity contribution >= 4 is 38.7 Å². The SMILES string of the molecule is Nc1cnc2oc(C(=O)O)c(Br)c2c1. The van der Waals surface area contributed by atoms with Crippen molar-refractivity contribution in [2.45, 2.75) is 0 Å². The summed E-state index contributed by atoms with van der Waals surface area (Å²) in [5.41, 5.74) is 6.21. The molecule has 0 fully saturated rings. The van der Waals surface area contributed by atoms with Crippen molar-refractivity contribution in [3.8, 4) is 0 Å². The molecule has 0 saturated carbocycles. The molecule has 0 spiro atoms. The molecular weight excluding hydrogens is 252 g/mol. The normalized spacial score (nSPS) is 10.6. The number of anilines is 1. The first-order valence-corrected chi connectivity index (χ1v) is 4.45. The molecule has 0 aromatic carbocycles. The minimum Gasteiger partial charge on any atom is -0.475 e. The maximum atomic E-state index is 10.7. The molecule has 0 unspecified atom stereocenters. The number of fused-ring (bicyclic) bond motifs is 1. The number of aromatic nitrogens is 1. The number of nitrogen functional groups attached to an aromatic ring is 1. The average Bonchev–Trinajstić information content (AvgIpc) is 2.44. The van der Waals surface area contributed by atoms with Gasteiger partial charge in [0, 0.05) is 0 Å². The molecule has 2 aromatic rings. The Balaban J connectivity index is 2.80. The van der Waals surface area contributed by atoms with Gasteiger partial charge in [-0.05, 0) is 22.0 Å². The van der Waals surface area contributed by atoms with Crippen molar-refractivity contribution in [2.75, 3.05) is 5.73 Å². The second-order valence-electron chi connectivity index (χ2n) is 2.67. The van der Waals surface area contributed by atoms with Crippen LogP contribution in [0.1, 0.15) is 10.6 Å². The summed E-state index contributed by atoms with van der Waals surface area (Å²) in [6.45, 7) is 0. The fourth-order valence-electron chi connectivity index (χ4n) is 1.11. The van der Waals surface area contributed by atoms with E-state index in [9.17, 15) is 4.79 Å². The van der Waals surface area contributed by atoms with E-state index in [2.05, 4.69) is 20.9 Å². The number of rotatable bonds is 1. The Morgan fingerprint density at radius 3 is 3.00 bits per heavy atom. The highest BCUT2D eigenvalue weighted by molar-refractivity contribution is 9.10. The average molecular weight is 257 g/mol. The zero-order chi connectivity index (χ0) is 10.3. The fraction of sp³-hybridized carbons (Fsp3) is 0. The number of hydrogen-bond acceptors (Lipinski definition) is 4. The molecule has 0 bridgehead atoms. The molecule has 0 radical (unpaired) electrons. The van der Waals surface area contributed by atoms with Gasteiger partial charge < -0.3 is 15.3 Å². The summed E-state index contributed by atoms with van der Waals surface area (Å²) in [7, 11) is 0. The van der Waals surface area contributed by atoms with E-state index in [1.807, 2.05) is 0 Å². The van der Waals surface area contributed by atoms with Gasteiger partial charge in [-0.1, -0.05) is 0 Å². The third-order valence-electron chi connectivity index (χ3n) is 1.70. The van der Waals surface area contributed by atoms with E-state index in [0.29, 0.717) is 15.5 Å². The Kier molecular flexibility index (Phi) is 1.92. The zero-order valence-corrected chi connectivity index (χ0v) is 8.41. The minimum atomic E-state index is -1.14. The lowest BCUT2D eigenvalue weighted by molar-refractivity contribution is 0.0663. The first-order chi connectivity index (χ1) is 6.59. The minimum absolute atomic E-state index is 0.168. The van der Waals surface area contributed by atoms with Gasteiger partial charge in [-0.3, -0.25) is 0 Å². The largest absolute Gasteiger partial charge is 0.475 e. The molecule has 6 heteroatoms. The van der Waals surface area contributed by atoms with Crippen LogP contribution >= 0.6 is 15.9 Å². The van der Waals surface area contributed by atoms with Crippen molar-refractivity contribution in [1.29, 1.82) is 0 Å². The molecule has 5 nitrogen and oxygen atoms in total. The zero-order valence-electron chi connectivity index (χ0n) is 6.82. The Bertz CT molecular complexity index is 521. The van der Waals surface area contributed by atoms with Crippen LogP contribution in [0.2, 0.25) is 0 Å². The Morgan fingerprint density at radius 2 is 2.36 bits per heavy atom. The molecule has 2 rings (SSSR count). The number of carboxylic acid groups (broad SMARTS) is 1. The van der Waals surface area contributed by atoms with E-state index >= 15 is 0 Å². The summed E-state index contributed by atoms with van der Waals surface area (Å²) in [4.78, 5) is 14.6. The van der Waals surface area contributed by atoms with Gasteiger partial charge in [0.2, 0.25) is 11.5 Å². The number of nitrogens with zero attached hydrogens (tertiary/aromatic N) is 1. The van der Waals surface area contributed by atoms with Gasteiger partial charge in [0.25, 0.3) is 0 Å². The second-order valence-corrected chi connectivity index (χ2v) is 3.46. The summed E-state index contributed by atoms with van der Waals surface area (Å²) >= 11 is 3.12. The maximum Gasteiger partial charge on any atom is 0.373 e. The lowest BCUT2D eigenvalue weighted by Crippen LogP contribution is -1.93. The van der Waals surface area contributed by atoms with Crippen LogP contribution in [0.5, 0.6) is 0 Å². The molecule has 0 aliphatic carbocycles. The molecule has 2 heterocycles.